The van der Waals surface area contributed by atoms with Gasteiger partial charge in [-0.05, 0) is 35.2 Å². The third-order valence-corrected chi connectivity index (χ3v) is 4.20. The van der Waals surface area contributed by atoms with Crippen LogP contribution in [0.15, 0.2) is 23.2 Å². The number of halogens is 1. The van der Waals surface area contributed by atoms with Crippen molar-refractivity contribution in [2.24, 2.45) is 0 Å². The minimum atomic E-state index is 0.383. The Bertz CT molecular complexity index is 546. The Balaban J connectivity index is 1.91. The van der Waals surface area contributed by atoms with Crippen LogP contribution >= 0.6 is 15.9 Å². The molecule has 5 heteroatoms. The van der Waals surface area contributed by atoms with E-state index in [9.17, 15) is 0 Å². The first-order valence-corrected chi connectivity index (χ1v) is 7.18. The molecule has 2 aromatic heterocycles. The monoisotopic (exact) mass is 309 g/mol. The summed E-state index contributed by atoms with van der Waals surface area (Å²) in [5, 5.41) is 0. The summed E-state index contributed by atoms with van der Waals surface area (Å²) in [7, 11) is 0. The molecule has 0 spiro atoms. The average Bonchev–Trinajstić information content (AvgIpc) is 2.77. The fraction of sp³-hybridized carbons (Fsp3) is 0.538. The van der Waals surface area contributed by atoms with Crippen molar-refractivity contribution >= 4 is 21.4 Å². The van der Waals surface area contributed by atoms with Gasteiger partial charge in [0.15, 0.2) is 0 Å². The number of ether oxygens (including phenoxy) is 1. The van der Waals surface area contributed by atoms with Crippen LogP contribution in [0.25, 0.3) is 5.52 Å². The van der Waals surface area contributed by atoms with Gasteiger partial charge in [0.1, 0.15) is 10.4 Å². The first-order chi connectivity index (χ1) is 8.79. The van der Waals surface area contributed by atoms with Crippen molar-refractivity contribution in [2.75, 3.05) is 6.61 Å². The lowest BCUT2D eigenvalue weighted by Crippen LogP contribution is -2.25. The van der Waals surface area contributed by atoms with Crippen molar-refractivity contribution in [3.63, 3.8) is 0 Å². The highest BCUT2D eigenvalue weighted by atomic mass is 79.9. The molecule has 18 heavy (non-hydrogen) atoms. The van der Waals surface area contributed by atoms with E-state index in [1.165, 1.54) is 0 Å². The quantitative estimate of drug-likeness (QED) is 0.855. The standard InChI is InChI=1S/C13H16BrN3O/c1-2-10-4-3-9(8-18-10)13-16-12(14)11-7-15-5-6-17(11)13/h5-7,9-10H,2-4,8H2,1H3. The van der Waals surface area contributed by atoms with E-state index in [1.54, 1.807) is 6.20 Å². The van der Waals surface area contributed by atoms with Crippen LogP contribution in [-0.2, 0) is 4.74 Å². The zero-order valence-electron chi connectivity index (χ0n) is 10.3. The van der Waals surface area contributed by atoms with Crippen LogP contribution in [0, 0.1) is 0 Å². The van der Waals surface area contributed by atoms with Crippen LogP contribution in [0.2, 0.25) is 0 Å². The lowest BCUT2D eigenvalue weighted by molar-refractivity contribution is 0.000326. The van der Waals surface area contributed by atoms with Gasteiger partial charge in [-0.2, -0.15) is 0 Å². The predicted molar refractivity (Wildman–Crippen MR) is 72.7 cm³/mol. The maximum atomic E-state index is 5.87. The van der Waals surface area contributed by atoms with Gasteiger partial charge in [-0.1, -0.05) is 6.92 Å². The number of aromatic nitrogens is 3. The molecule has 1 saturated heterocycles. The van der Waals surface area contributed by atoms with E-state index in [0.717, 1.165) is 41.8 Å². The van der Waals surface area contributed by atoms with E-state index in [1.807, 2.05) is 12.4 Å². The molecule has 1 aliphatic rings. The van der Waals surface area contributed by atoms with Crippen molar-refractivity contribution in [1.82, 2.24) is 14.4 Å². The maximum Gasteiger partial charge on any atom is 0.133 e. The van der Waals surface area contributed by atoms with Crippen LogP contribution in [-0.4, -0.2) is 27.1 Å². The lowest BCUT2D eigenvalue weighted by atomic mass is 9.97. The molecule has 0 radical (unpaired) electrons. The van der Waals surface area contributed by atoms with Crippen molar-refractivity contribution in [2.45, 2.75) is 38.2 Å². The molecule has 1 aliphatic heterocycles. The summed E-state index contributed by atoms with van der Waals surface area (Å²) in [6.45, 7) is 2.95. The zero-order valence-corrected chi connectivity index (χ0v) is 11.9. The van der Waals surface area contributed by atoms with Crippen LogP contribution < -0.4 is 0 Å². The molecule has 3 heterocycles. The van der Waals surface area contributed by atoms with E-state index >= 15 is 0 Å². The van der Waals surface area contributed by atoms with Crippen molar-refractivity contribution < 1.29 is 4.74 Å². The summed E-state index contributed by atoms with van der Waals surface area (Å²) in [6.07, 6.45) is 9.39. The van der Waals surface area contributed by atoms with E-state index in [0.29, 0.717) is 12.0 Å². The fourth-order valence-electron chi connectivity index (χ4n) is 2.55. The van der Waals surface area contributed by atoms with Gasteiger partial charge in [-0.3, -0.25) is 9.38 Å². The third-order valence-electron chi connectivity index (χ3n) is 3.62. The topological polar surface area (TPSA) is 39.4 Å². The first-order valence-electron chi connectivity index (χ1n) is 6.38. The van der Waals surface area contributed by atoms with Gasteiger partial charge in [-0.15, -0.1) is 0 Å². The van der Waals surface area contributed by atoms with Gasteiger partial charge in [-0.25, -0.2) is 4.98 Å². The normalized spacial score (nSPS) is 24.6. The van der Waals surface area contributed by atoms with Crippen LogP contribution in [0.4, 0.5) is 0 Å². The highest BCUT2D eigenvalue weighted by Crippen LogP contribution is 2.31. The smallest absolute Gasteiger partial charge is 0.133 e. The van der Waals surface area contributed by atoms with E-state index in [4.69, 9.17) is 4.74 Å². The second kappa shape index (κ2) is 4.97. The van der Waals surface area contributed by atoms with Crippen molar-refractivity contribution in [1.29, 1.82) is 0 Å². The van der Waals surface area contributed by atoms with Gasteiger partial charge in [0, 0.05) is 18.3 Å². The molecule has 0 amide bonds. The number of rotatable bonds is 2. The second-order valence-corrected chi connectivity index (χ2v) is 5.48. The number of hydrogen-bond donors (Lipinski definition) is 0. The highest BCUT2D eigenvalue weighted by molar-refractivity contribution is 9.10. The van der Waals surface area contributed by atoms with Gasteiger partial charge >= 0.3 is 0 Å². The fourth-order valence-corrected chi connectivity index (χ4v) is 3.02. The maximum absolute atomic E-state index is 5.87. The second-order valence-electron chi connectivity index (χ2n) is 4.73. The zero-order chi connectivity index (χ0) is 12.5. The molecular weight excluding hydrogens is 294 g/mol. The van der Waals surface area contributed by atoms with Gasteiger partial charge in [0.2, 0.25) is 0 Å². The minimum absolute atomic E-state index is 0.383. The minimum Gasteiger partial charge on any atom is -0.377 e. The molecule has 3 rings (SSSR count). The molecule has 2 aromatic rings. The molecule has 1 fully saturated rings. The van der Waals surface area contributed by atoms with Crippen LogP contribution in [0.3, 0.4) is 0 Å². The Hall–Kier alpha value is -0.940. The average molecular weight is 310 g/mol. The van der Waals surface area contributed by atoms with Crippen molar-refractivity contribution in [3.05, 3.63) is 29.0 Å². The molecule has 4 nitrogen and oxygen atoms in total. The SMILES string of the molecule is CCC1CCC(c2nc(Br)c3cnccn23)CO1. The Morgan fingerprint density at radius 2 is 2.39 bits per heavy atom. The summed E-state index contributed by atoms with van der Waals surface area (Å²) >= 11 is 3.50. The van der Waals surface area contributed by atoms with E-state index < -0.39 is 0 Å². The summed E-state index contributed by atoms with van der Waals surface area (Å²) in [5.41, 5.74) is 1.02. The molecule has 0 aliphatic carbocycles. The molecule has 96 valence electrons. The third kappa shape index (κ3) is 2.06. The Morgan fingerprint density at radius 1 is 1.50 bits per heavy atom. The molecule has 0 bridgehead atoms. The molecule has 0 saturated carbocycles. The van der Waals surface area contributed by atoms with E-state index in [-0.39, 0.29) is 0 Å². The number of nitrogens with zero attached hydrogens (tertiary/aromatic N) is 3. The Morgan fingerprint density at radius 3 is 3.11 bits per heavy atom. The van der Waals surface area contributed by atoms with E-state index in [2.05, 4.69) is 37.2 Å². The summed E-state index contributed by atoms with van der Waals surface area (Å²) in [6, 6.07) is 0. The van der Waals surface area contributed by atoms with Gasteiger partial charge < -0.3 is 4.74 Å². The molecule has 0 N–H and O–H groups in total. The Labute approximate surface area is 115 Å². The summed E-state index contributed by atoms with van der Waals surface area (Å²) < 4.78 is 8.84. The number of imidazole rings is 1. The highest BCUT2D eigenvalue weighted by Gasteiger charge is 2.25. The molecule has 2 atom stereocenters. The molecule has 2 unspecified atom stereocenters. The Kier molecular flexibility index (Phi) is 3.35. The summed E-state index contributed by atoms with van der Waals surface area (Å²) in [5.74, 6) is 1.46. The van der Waals surface area contributed by atoms with Crippen LogP contribution in [0.1, 0.15) is 37.9 Å². The molecular formula is C13H16BrN3O. The van der Waals surface area contributed by atoms with Gasteiger partial charge in [0.05, 0.1) is 24.4 Å². The first kappa shape index (κ1) is 12.1. The van der Waals surface area contributed by atoms with Gasteiger partial charge in [0.25, 0.3) is 0 Å². The molecule has 0 aromatic carbocycles. The number of fused-ring (bicyclic) bond motifs is 1. The number of hydrogen-bond acceptors (Lipinski definition) is 3. The predicted octanol–water partition coefficient (Wildman–Crippen LogP) is 3.16. The lowest BCUT2D eigenvalue weighted by Gasteiger charge is -2.27. The van der Waals surface area contributed by atoms with Crippen molar-refractivity contribution in [3.8, 4) is 0 Å². The largest absolute Gasteiger partial charge is 0.377 e. The summed E-state index contributed by atoms with van der Waals surface area (Å²) in [4.78, 5) is 8.76. The van der Waals surface area contributed by atoms with Crippen LogP contribution in [0.5, 0.6) is 0 Å².